The molecule has 0 heterocycles. The summed E-state index contributed by atoms with van der Waals surface area (Å²) in [5, 5.41) is 0. The van der Waals surface area contributed by atoms with Crippen LogP contribution in [0.3, 0.4) is 0 Å². The predicted octanol–water partition coefficient (Wildman–Crippen LogP) is 4.03. The van der Waals surface area contributed by atoms with E-state index in [0.717, 1.165) is 11.1 Å². The van der Waals surface area contributed by atoms with Crippen LogP contribution in [0.4, 0.5) is 0 Å². The van der Waals surface area contributed by atoms with Gasteiger partial charge < -0.3 is 14.2 Å². The van der Waals surface area contributed by atoms with Gasteiger partial charge in [-0.25, -0.2) is 0 Å². The average Bonchev–Trinajstić information content (AvgIpc) is 2.57. The number of hydrogen-bond acceptors (Lipinski definition) is 5. The second-order valence-electron chi connectivity index (χ2n) is 5.81. The van der Waals surface area contributed by atoms with E-state index in [1.807, 2.05) is 36.4 Å². The monoisotopic (exact) mass is 354 g/mol. The van der Waals surface area contributed by atoms with E-state index in [-0.39, 0.29) is 0 Å². The van der Waals surface area contributed by atoms with E-state index in [2.05, 4.69) is 0 Å². The molecular formula is C21H22O5. The first-order chi connectivity index (χ1) is 12.4. The summed E-state index contributed by atoms with van der Waals surface area (Å²) in [6.45, 7) is 4.77. The van der Waals surface area contributed by atoms with Gasteiger partial charge in [-0.15, -0.1) is 0 Å². The maximum Gasteiger partial charge on any atom is 0.308 e. The predicted molar refractivity (Wildman–Crippen MR) is 100.0 cm³/mol. The summed E-state index contributed by atoms with van der Waals surface area (Å²) in [5.74, 6) is -0.0365. The number of hydrogen-bond donors (Lipinski definition) is 0. The maximum absolute atomic E-state index is 11.5. The molecule has 26 heavy (non-hydrogen) atoms. The minimum Gasteiger partial charge on any atom is -0.426 e. The molecule has 0 N–H and O–H groups in total. The lowest BCUT2D eigenvalue weighted by molar-refractivity contribution is -0.133. The summed E-state index contributed by atoms with van der Waals surface area (Å²) >= 11 is 0. The van der Waals surface area contributed by atoms with Gasteiger partial charge in [-0.1, -0.05) is 30.3 Å². The SMILES string of the molecule is COC/C(=C\c1ccccc1)c1cc(OC(C)=O)c(C)cc1OC(C)=O. The maximum atomic E-state index is 11.5. The number of methoxy groups -OCH3 is 1. The quantitative estimate of drug-likeness (QED) is 0.445. The fourth-order valence-corrected chi connectivity index (χ4v) is 2.52. The Morgan fingerprint density at radius 3 is 2.15 bits per heavy atom. The molecule has 0 aliphatic rings. The van der Waals surface area contributed by atoms with E-state index in [4.69, 9.17) is 14.2 Å². The van der Waals surface area contributed by atoms with E-state index < -0.39 is 11.9 Å². The van der Waals surface area contributed by atoms with Crippen molar-refractivity contribution < 1.29 is 23.8 Å². The van der Waals surface area contributed by atoms with Crippen LogP contribution in [0.1, 0.15) is 30.5 Å². The lowest BCUT2D eigenvalue weighted by Gasteiger charge is -2.16. The number of ether oxygens (including phenoxy) is 3. The number of carbonyl (C=O) groups is 2. The smallest absolute Gasteiger partial charge is 0.308 e. The zero-order chi connectivity index (χ0) is 19.1. The van der Waals surface area contributed by atoms with Gasteiger partial charge in [-0.3, -0.25) is 9.59 Å². The highest BCUT2D eigenvalue weighted by atomic mass is 16.5. The van der Waals surface area contributed by atoms with E-state index in [1.54, 1.807) is 26.2 Å². The Morgan fingerprint density at radius 1 is 0.962 bits per heavy atom. The Kier molecular flexibility index (Phi) is 6.69. The molecule has 0 atom stereocenters. The molecule has 2 aromatic carbocycles. The average molecular weight is 354 g/mol. The van der Waals surface area contributed by atoms with Crippen LogP contribution in [0.2, 0.25) is 0 Å². The third-order valence-corrected chi connectivity index (χ3v) is 3.57. The lowest BCUT2D eigenvalue weighted by atomic mass is 10.00. The van der Waals surface area contributed by atoms with Crippen molar-refractivity contribution in [1.29, 1.82) is 0 Å². The third-order valence-electron chi connectivity index (χ3n) is 3.57. The van der Waals surface area contributed by atoms with Gasteiger partial charge in [-0.2, -0.15) is 0 Å². The van der Waals surface area contributed by atoms with Crippen LogP contribution < -0.4 is 9.47 Å². The van der Waals surface area contributed by atoms with Crippen molar-refractivity contribution in [2.75, 3.05) is 13.7 Å². The van der Waals surface area contributed by atoms with Crippen molar-refractivity contribution in [2.24, 2.45) is 0 Å². The second kappa shape index (κ2) is 8.97. The molecule has 0 saturated heterocycles. The highest BCUT2D eigenvalue weighted by Crippen LogP contribution is 2.34. The number of rotatable bonds is 6. The fraction of sp³-hybridized carbons (Fsp3) is 0.238. The molecule has 0 saturated carbocycles. The van der Waals surface area contributed by atoms with Crippen molar-refractivity contribution in [3.63, 3.8) is 0 Å². The van der Waals surface area contributed by atoms with Crippen LogP contribution in [0.25, 0.3) is 11.6 Å². The lowest BCUT2D eigenvalue weighted by Crippen LogP contribution is -2.08. The van der Waals surface area contributed by atoms with E-state index >= 15 is 0 Å². The second-order valence-corrected chi connectivity index (χ2v) is 5.81. The molecule has 5 nitrogen and oxygen atoms in total. The zero-order valence-electron chi connectivity index (χ0n) is 15.4. The number of aryl methyl sites for hydroxylation is 1. The zero-order valence-corrected chi connectivity index (χ0v) is 15.4. The van der Waals surface area contributed by atoms with Gasteiger partial charge in [0.2, 0.25) is 0 Å². The molecule has 0 bridgehead atoms. The summed E-state index contributed by atoms with van der Waals surface area (Å²) < 4.78 is 16.0. The molecule has 136 valence electrons. The Balaban J connectivity index is 2.61. The summed E-state index contributed by atoms with van der Waals surface area (Å²) in [7, 11) is 1.59. The minimum absolute atomic E-state index is 0.297. The van der Waals surface area contributed by atoms with Gasteiger partial charge in [0.05, 0.1) is 6.61 Å². The van der Waals surface area contributed by atoms with Crippen molar-refractivity contribution in [3.8, 4) is 11.5 Å². The largest absolute Gasteiger partial charge is 0.426 e. The van der Waals surface area contributed by atoms with Crippen LogP contribution >= 0.6 is 0 Å². The van der Waals surface area contributed by atoms with Crippen LogP contribution in [0.5, 0.6) is 11.5 Å². The summed E-state index contributed by atoms with van der Waals surface area (Å²) in [4.78, 5) is 22.9. The summed E-state index contributed by atoms with van der Waals surface area (Å²) in [6.07, 6.45) is 1.94. The van der Waals surface area contributed by atoms with Crippen LogP contribution in [0.15, 0.2) is 42.5 Å². The number of carbonyl (C=O) groups excluding carboxylic acids is 2. The van der Waals surface area contributed by atoms with Gasteiger partial charge in [-0.05, 0) is 41.8 Å². The first-order valence-corrected chi connectivity index (χ1v) is 8.17. The molecule has 2 rings (SSSR count). The van der Waals surface area contributed by atoms with E-state index in [0.29, 0.717) is 29.2 Å². The molecule has 0 aliphatic carbocycles. The van der Waals surface area contributed by atoms with E-state index in [9.17, 15) is 9.59 Å². The summed E-state index contributed by atoms with van der Waals surface area (Å²) in [6, 6.07) is 13.1. The Labute approximate surface area is 153 Å². The third kappa shape index (κ3) is 5.29. The van der Waals surface area contributed by atoms with Gasteiger partial charge in [0.25, 0.3) is 0 Å². The number of esters is 2. The van der Waals surface area contributed by atoms with Crippen LogP contribution in [-0.2, 0) is 14.3 Å². The van der Waals surface area contributed by atoms with Crippen LogP contribution in [0, 0.1) is 6.92 Å². The van der Waals surface area contributed by atoms with Crippen molar-refractivity contribution in [2.45, 2.75) is 20.8 Å². The molecule has 0 fully saturated rings. The first-order valence-electron chi connectivity index (χ1n) is 8.17. The van der Waals surface area contributed by atoms with Gasteiger partial charge >= 0.3 is 11.9 Å². The van der Waals surface area contributed by atoms with Crippen molar-refractivity contribution in [3.05, 3.63) is 59.2 Å². The van der Waals surface area contributed by atoms with E-state index in [1.165, 1.54) is 13.8 Å². The van der Waals surface area contributed by atoms with Crippen LogP contribution in [-0.4, -0.2) is 25.7 Å². The van der Waals surface area contributed by atoms with Gasteiger partial charge in [0.15, 0.2) is 0 Å². The molecule has 5 heteroatoms. The highest BCUT2D eigenvalue weighted by Gasteiger charge is 2.16. The number of benzene rings is 2. The fourth-order valence-electron chi connectivity index (χ4n) is 2.52. The normalized spacial score (nSPS) is 11.2. The van der Waals surface area contributed by atoms with Crippen molar-refractivity contribution in [1.82, 2.24) is 0 Å². The highest BCUT2D eigenvalue weighted by molar-refractivity contribution is 5.87. The Bertz CT molecular complexity index is 822. The standard InChI is InChI=1S/C21H22O5/c1-14-10-21(26-16(3)23)19(12-20(14)25-15(2)22)18(13-24-4)11-17-8-6-5-7-9-17/h5-12H,13H2,1-4H3/b18-11+. The molecule has 0 unspecified atom stereocenters. The topological polar surface area (TPSA) is 61.8 Å². The Hall–Kier alpha value is -2.92. The molecule has 0 amide bonds. The first kappa shape index (κ1) is 19.4. The van der Waals surface area contributed by atoms with Crippen molar-refractivity contribution >= 4 is 23.6 Å². The molecule has 0 aliphatic heterocycles. The molecular weight excluding hydrogens is 332 g/mol. The van der Waals surface area contributed by atoms with Gasteiger partial charge in [0, 0.05) is 26.5 Å². The van der Waals surface area contributed by atoms with Gasteiger partial charge in [0.1, 0.15) is 11.5 Å². The molecule has 2 aromatic rings. The molecule has 0 spiro atoms. The molecule has 0 radical (unpaired) electrons. The molecule has 0 aromatic heterocycles. The minimum atomic E-state index is -0.428. The Morgan fingerprint density at radius 2 is 1.58 bits per heavy atom. The summed E-state index contributed by atoms with van der Waals surface area (Å²) in [5.41, 5.74) is 3.09.